The zero-order chi connectivity index (χ0) is 17.6. The van der Waals surface area contributed by atoms with Crippen molar-refractivity contribution in [3.63, 3.8) is 0 Å². The van der Waals surface area contributed by atoms with Gasteiger partial charge in [0.25, 0.3) is 0 Å². The van der Waals surface area contributed by atoms with Crippen LogP contribution in [0.2, 0.25) is 0 Å². The fourth-order valence-electron chi connectivity index (χ4n) is 3.01. The molecule has 0 unspecified atom stereocenters. The number of aryl methyl sites for hydroxylation is 5. The Bertz CT molecular complexity index is 827. The van der Waals surface area contributed by atoms with E-state index in [0.29, 0.717) is 5.82 Å². The summed E-state index contributed by atoms with van der Waals surface area (Å²) in [7, 11) is 0. The number of hydrogen-bond acceptors (Lipinski definition) is 3. The molecule has 0 atom stereocenters. The maximum absolute atomic E-state index is 14.0. The molecule has 2 heterocycles. The molecule has 0 aliphatic carbocycles. The van der Waals surface area contributed by atoms with Crippen LogP contribution >= 0.6 is 0 Å². The van der Waals surface area contributed by atoms with Crippen molar-refractivity contribution < 1.29 is 4.39 Å². The zero-order valence-electron chi connectivity index (χ0n) is 14.4. The number of aromatic nitrogens is 2. The maximum Gasteiger partial charge on any atom is 0.123 e. The van der Waals surface area contributed by atoms with Crippen LogP contribution in [0.25, 0.3) is 0 Å². The Balaban J connectivity index is 1.66. The first kappa shape index (κ1) is 17.1. The van der Waals surface area contributed by atoms with Gasteiger partial charge in [0, 0.05) is 18.1 Å². The van der Waals surface area contributed by atoms with Crippen LogP contribution in [0.3, 0.4) is 0 Å². The molecule has 0 amide bonds. The second-order valence-electron chi connectivity index (χ2n) is 6.39. The predicted molar refractivity (Wildman–Crippen MR) is 98.8 cm³/mol. The molecule has 3 rings (SSSR count). The highest BCUT2D eigenvalue weighted by molar-refractivity contribution is 5.34. The first-order valence-corrected chi connectivity index (χ1v) is 8.49. The van der Waals surface area contributed by atoms with Crippen LogP contribution < -0.4 is 5.73 Å². The molecule has 3 nitrogen and oxygen atoms in total. The molecule has 2 aromatic heterocycles. The Labute approximate surface area is 147 Å². The molecule has 0 aliphatic heterocycles. The number of benzene rings is 1. The van der Waals surface area contributed by atoms with Crippen molar-refractivity contribution >= 4 is 5.82 Å². The molecule has 2 N–H and O–H groups in total. The minimum Gasteiger partial charge on any atom is -0.384 e. The minimum absolute atomic E-state index is 0.185. The summed E-state index contributed by atoms with van der Waals surface area (Å²) in [6, 6.07) is 13.1. The molecule has 128 valence electrons. The largest absolute Gasteiger partial charge is 0.384 e. The van der Waals surface area contributed by atoms with Gasteiger partial charge in [-0.25, -0.2) is 9.37 Å². The van der Waals surface area contributed by atoms with Gasteiger partial charge < -0.3 is 5.73 Å². The van der Waals surface area contributed by atoms with Crippen LogP contribution in [0.15, 0.2) is 54.9 Å². The number of nitrogens with zero attached hydrogens (tertiary/aromatic N) is 2. The quantitative estimate of drug-likeness (QED) is 0.738. The summed E-state index contributed by atoms with van der Waals surface area (Å²) in [6.07, 6.45) is 6.76. The third-order valence-electron chi connectivity index (χ3n) is 4.15. The third-order valence-corrected chi connectivity index (χ3v) is 4.15. The van der Waals surface area contributed by atoms with Gasteiger partial charge in [-0.3, -0.25) is 4.98 Å². The standard InChI is InChI=1S/C21H22FN3/c1-15-9-20(25-21(23)10-15)7-6-18-11-17(12-19(22)13-18)5-4-16-3-2-8-24-14-16/h2-3,8-14H,4-7H2,1H3,(H2,23,25). The van der Waals surface area contributed by atoms with E-state index in [9.17, 15) is 4.39 Å². The Kier molecular flexibility index (Phi) is 5.39. The average Bonchev–Trinajstić information content (AvgIpc) is 2.58. The highest BCUT2D eigenvalue weighted by Crippen LogP contribution is 2.15. The lowest BCUT2D eigenvalue weighted by molar-refractivity contribution is 0.622. The van der Waals surface area contributed by atoms with Gasteiger partial charge in [-0.05, 0) is 85.2 Å². The van der Waals surface area contributed by atoms with Crippen molar-refractivity contribution in [2.24, 2.45) is 0 Å². The fourth-order valence-corrected chi connectivity index (χ4v) is 3.01. The number of rotatable bonds is 6. The summed E-state index contributed by atoms with van der Waals surface area (Å²) in [5.74, 6) is 0.349. The van der Waals surface area contributed by atoms with Crippen molar-refractivity contribution in [2.75, 3.05) is 5.73 Å². The maximum atomic E-state index is 14.0. The topological polar surface area (TPSA) is 51.8 Å². The smallest absolute Gasteiger partial charge is 0.123 e. The van der Waals surface area contributed by atoms with Crippen LogP contribution in [-0.2, 0) is 25.7 Å². The molecule has 4 heteroatoms. The summed E-state index contributed by atoms with van der Waals surface area (Å²) in [5.41, 5.74) is 11.0. The second kappa shape index (κ2) is 7.88. The fraction of sp³-hybridized carbons (Fsp3) is 0.238. The van der Waals surface area contributed by atoms with E-state index in [4.69, 9.17) is 5.73 Å². The van der Waals surface area contributed by atoms with E-state index in [1.54, 1.807) is 18.3 Å². The lowest BCUT2D eigenvalue weighted by Crippen LogP contribution is -2.00. The molecule has 0 aliphatic rings. The van der Waals surface area contributed by atoms with Crippen LogP contribution in [0.4, 0.5) is 10.2 Å². The zero-order valence-corrected chi connectivity index (χ0v) is 14.4. The van der Waals surface area contributed by atoms with E-state index < -0.39 is 0 Å². The van der Waals surface area contributed by atoms with Crippen molar-refractivity contribution in [3.05, 3.63) is 88.6 Å². The summed E-state index contributed by atoms with van der Waals surface area (Å²) in [5, 5.41) is 0. The first-order chi connectivity index (χ1) is 12.1. The molecule has 3 aromatic rings. The van der Waals surface area contributed by atoms with Crippen LogP contribution in [0, 0.1) is 12.7 Å². The van der Waals surface area contributed by atoms with Gasteiger partial charge in [0.05, 0.1) is 0 Å². The van der Waals surface area contributed by atoms with Gasteiger partial charge in [0.2, 0.25) is 0 Å². The Morgan fingerprint density at radius 2 is 1.64 bits per heavy atom. The van der Waals surface area contributed by atoms with Gasteiger partial charge in [-0.1, -0.05) is 12.1 Å². The van der Waals surface area contributed by atoms with Crippen LogP contribution in [-0.4, -0.2) is 9.97 Å². The average molecular weight is 335 g/mol. The Morgan fingerprint density at radius 1 is 0.920 bits per heavy atom. The summed E-state index contributed by atoms with van der Waals surface area (Å²) in [6.45, 7) is 2.00. The molecule has 0 spiro atoms. The van der Waals surface area contributed by atoms with E-state index in [1.807, 2.05) is 37.4 Å². The Hall–Kier alpha value is -2.75. The molecular weight excluding hydrogens is 313 g/mol. The van der Waals surface area contributed by atoms with Gasteiger partial charge in [-0.2, -0.15) is 0 Å². The van der Waals surface area contributed by atoms with Crippen molar-refractivity contribution in [3.8, 4) is 0 Å². The van der Waals surface area contributed by atoms with Crippen molar-refractivity contribution in [1.82, 2.24) is 9.97 Å². The number of pyridine rings is 2. The highest BCUT2D eigenvalue weighted by Gasteiger charge is 2.05. The monoisotopic (exact) mass is 335 g/mol. The number of nitrogens with two attached hydrogens (primary N) is 1. The molecule has 25 heavy (non-hydrogen) atoms. The van der Waals surface area contributed by atoms with Crippen molar-refractivity contribution in [2.45, 2.75) is 32.6 Å². The molecule has 0 saturated carbocycles. The molecule has 0 fully saturated rings. The van der Waals surface area contributed by atoms with E-state index in [2.05, 4.69) is 16.0 Å². The molecule has 0 saturated heterocycles. The SMILES string of the molecule is Cc1cc(N)nc(CCc2cc(F)cc(CCc3cccnc3)c2)c1. The van der Waals surface area contributed by atoms with E-state index >= 15 is 0 Å². The van der Waals surface area contributed by atoms with Crippen molar-refractivity contribution in [1.29, 1.82) is 0 Å². The number of hydrogen-bond donors (Lipinski definition) is 1. The lowest BCUT2D eigenvalue weighted by atomic mass is 10.0. The lowest BCUT2D eigenvalue weighted by Gasteiger charge is -2.08. The minimum atomic E-state index is -0.185. The normalized spacial score (nSPS) is 10.8. The van der Waals surface area contributed by atoms with Crippen LogP contribution in [0.5, 0.6) is 0 Å². The Morgan fingerprint density at radius 3 is 2.32 bits per heavy atom. The third kappa shape index (κ3) is 5.11. The summed E-state index contributed by atoms with van der Waals surface area (Å²) < 4.78 is 14.0. The number of anilines is 1. The molecule has 0 bridgehead atoms. The molecule has 0 radical (unpaired) electrons. The number of halogens is 1. The van der Waals surface area contributed by atoms with Gasteiger partial charge in [-0.15, -0.1) is 0 Å². The van der Waals surface area contributed by atoms with E-state index in [0.717, 1.165) is 53.6 Å². The summed E-state index contributed by atoms with van der Waals surface area (Å²) >= 11 is 0. The first-order valence-electron chi connectivity index (χ1n) is 8.49. The summed E-state index contributed by atoms with van der Waals surface area (Å²) in [4.78, 5) is 8.47. The van der Waals surface area contributed by atoms with Gasteiger partial charge in [0.1, 0.15) is 11.6 Å². The predicted octanol–water partition coefficient (Wildman–Crippen LogP) is 4.08. The van der Waals surface area contributed by atoms with Crippen LogP contribution in [0.1, 0.15) is 27.9 Å². The van der Waals surface area contributed by atoms with E-state index in [1.165, 1.54) is 0 Å². The molecular formula is C21H22FN3. The number of nitrogen functional groups attached to an aromatic ring is 1. The van der Waals surface area contributed by atoms with E-state index in [-0.39, 0.29) is 5.82 Å². The van der Waals surface area contributed by atoms with Gasteiger partial charge in [0.15, 0.2) is 0 Å². The second-order valence-corrected chi connectivity index (χ2v) is 6.39. The molecule has 1 aromatic carbocycles. The van der Waals surface area contributed by atoms with Gasteiger partial charge >= 0.3 is 0 Å². The highest BCUT2D eigenvalue weighted by atomic mass is 19.1.